The summed E-state index contributed by atoms with van der Waals surface area (Å²) in [7, 11) is 0. The number of hydrogen-bond donors (Lipinski definition) is 1. The average Bonchev–Trinajstić information content (AvgIpc) is 2.29. The first kappa shape index (κ1) is 12.0. The van der Waals surface area contributed by atoms with Crippen LogP contribution in [0.4, 0.5) is 13.2 Å². The molecule has 0 fully saturated rings. The van der Waals surface area contributed by atoms with Gasteiger partial charge in [0.15, 0.2) is 0 Å². The molecule has 1 aliphatic rings. The molecule has 0 saturated carbocycles. The normalized spacial score (nSPS) is 15.4. The Bertz CT molecular complexity index is 489. The summed E-state index contributed by atoms with van der Waals surface area (Å²) < 4.78 is 38.6. The Morgan fingerprint density at radius 2 is 2.00 bits per heavy atom. The first-order chi connectivity index (χ1) is 7.98. The summed E-state index contributed by atoms with van der Waals surface area (Å²) in [5.41, 5.74) is -0.00445. The van der Waals surface area contributed by atoms with Crippen molar-refractivity contribution in [1.82, 2.24) is 5.32 Å². The van der Waals surface area contributed by atoms with Gasteiger partial charge in [0.1, 0.15) is 0 Å². The van der Waals surface area contributed by atoms with E-state index in [0.29, 0.717) is 12.1 Å². The lowest BCUT2D eigenvalue weighted by molar-refractivity contribution is -0.137. The van der Waals surface area contributed by atoms with Gasteiger partial charge < -0.3 is 5.32 Å². The topological polar surface area (TPSA) is 12.0 Å². The molecule has 1 N–H and O–H groups in total. The van der Waals surface area contributed by atoms with Crippen LogP contribution in [0, 0.1) is 0 Å². The van der Waals surface area contributed by atoms with Crippen LogP contribution in [0.5, 0.6) is 0 Å². The maximum Gasteiger partial charge on any atom is 0.417 e. The molecule has 0 spiro atoms. The minimum absolute atomic E-state index is 0.0830. The van der Waals surface area contributed by atoms with Crippen molar-refractivity contribution < 1.29 is 13.2 Å². The quantitative estimate of drug-likeness (QED) is 0.808. The molecule has 90 valence electrons. The highest BCUT2D eigenvalue weighted by molar-refractivity contribution is 6.30. The van der Waals surface area contributed by atoms with Crippen LogP contribution < -0.4 is 5.32 Å². The van der Waals surface area contributed by atoms with E-state index in [2.05, 4.69) is 5.32 Å². The van der Waals surface area contributed by atoms with Crippen LogP contribution in [-0.2, 0) is 6.18 Å². The van der Waals surface area contributed by atoms with Crippen molar-refractivity contribution in [3.63, 3.8) is 0 Å². The number of alkyl halides is 3. The van der Waals surface area contributed by atoms with Crippen LogP contribution >= 0.6 is 11.6 Å². The number of allylic oxidation sites excluding steroid dienone is 2. The standard InChI is InChI=1S/C12H9ClF3N/c13-9-1-2-10(8-3-5-17-6-4-8)11(7-9)12(14,15)16/h1-5,7,17H,6H2. The molecule has 0 amide bonds. The minimum Gasteiger partial charge on any atom is -0.387 e. The molecule has 2 rings (SSSR count). The molecule has 0 radical (unpaired) electrons. The fraction of sp³-hybridized carbons (Fsp3) is 0.167. The molecule has 1 aliphatic heterocycles. The van der Waals surface area contributed by atoms with Crippen molar-refractivity contribution in [2.24, 2.45) is 0 Å². The molecule has 0 atom stereocenters. The van der Waals surface area contributed by atoms with Gasteiger partial charge in [0.05, 0.1) is 5.56 Å². The fourth-order valence-electron chi connectivity index (χ4n) is 1.66. The SMILES string of the molecule is FC(F)(F)c1cc(Cl)ccc1C1=CCNC=C1. The molecule has 1 nitrogen and oxygen atoms in total. The molecule has 17 heavy (non-hydrogen) atoms. The van der Waals surface area contributed by atoms with E-state index in [-0.39, 0.29) is 10.6 Å². The third kappa shape index (κ3) is 2.64. The van der Waals surface area contributed by atoms with Gasteiger partial charge in [-0.25, -0.2) is 0 Å². The Hall–Kier alpha value is -1.42. The number of rotatable bonds is 1. The molecule has 5 heteroatoms. The lowest BCUT2D eigenvalue weighted by atomic mass is 9.98. The molecule has 0 unspecified atom stereocenters. The van der Waals surface area contributed by atoms with Crippen molar-refractivity contribution in [2.75, 3.05) is 6.54 Å². The monoisotopic (exact) mass is 259 g/mol. The molecule has 0 bridgehead atoms. The van der Waals surface area contributed by atoms with Crippen LogP contribution in [-0.4, -0.2) is 6.54 Å². The first-order valence-corrected chi connectivity index (χ1v) is 5.33. The average molecular weight is 260 g/mol. The largest absolute Gasteiger partial charge is 0.417 e. The molecule has 0 saturated heterocycles. The van der Waals surface area contributed by atoms with Gasteiger partial charge in [0.2, 0.25) is 0 Å². The highest BCUT2D eigenvalue weighted by atomic mass is 35.5. The summed E-state index contributed by atoms with van der Waals surface area (Å²) in [5.74, 6) is 0. The minimum atomic E-state index is -4.40. The Morgan fingerprint density at radius 1 is 1.24 bits per heavy atom. The lowest BCUT2D eigenvalue weighted by Gasteiger charge is -2.16. The maximum absolute atomic E-state index is 12.9. The van der Waals surface area contributed by atoms with Crippen molar-refractivity contribution >= 4 is 17.2 Å². The molecular formula is C12H9ClF3N. The van der Waals surface area contributed by atoms with Gasteiger partial charge in [-0.05, 0) is 35.5 Å². The number of hydrogen-bond acceptors (Lipinski definition) is 1. The van der Waals surface area contributed by atoms with Gasteiger partial charge in [-0.2, -0.15) is 13.2 Å². The zero-order valence-corrected chi connectivity index (χ0v) is 9.44. The van der Waals surface area contributed by atoms with E-state index in [0.717, 1.165) is 6.07 Å². The van der Waals surface area contributed by atoms with E-state index in [1.807, 2.05) is 0 Å². The van der Waals surface area contributed by atoms with Crippen molar-refractivity contribution in [3.05, 3.63) is 52.7 Å². The third-order valence-electron chi connectivity index (χ3n) is 2.42. The van der Waals surface area contributed by atoms with Gasteiger partial charge in [0.25, 0.3) is 0 Å². The zero-order chi connectivity index (χ0) is 12.5. The predicted octanol–water partition coefficient (Wildman–Crippen LogP) is 3.86. The molecule has 1 aromatic rings. The van der Waals surface area contributed by atoms with E-state index in [4.69, 9.17) is 11.6 Å². The van der Waals surface area contributed by atoms with E-state index >= 15 is 0 Å². The van der Waals surface area contributed by atoms with Gasteiger partial charge >= 0.3 is 6.18 Å². The van der Waals surface area contributed by atoms with Crippen molar-refractivity contribution in [3.8, 4) is 0 Å². The molecule has 0 aliphatic carbocycles. The maximum atomic E-state index is 12.9. The van der Waals surface area contributed by atoms with Gasteiger partial charge in [0, 0.05) is 11.6 Å². The highest BCUT2D eigenvalue weighted by Gasteiger charge is 2.34. The summed E-state index contributed by atoms with van der Waals surface area (Å²) in [6.07, 6.45) is 0.546. The summed E-state index contributed by atoms with van der Waals surface area (Å²) >= 11 is 5.61. The second-order valence-corrected chi connectivity index (χ2v) is 4.03. The molecule has 1 heterocycles. The van der Waals surface area contributed by atoms with Crippen molar-refractivity contribution in [1.29, 1.82) is 0 Å². The third-order valence-corrected chi connectivity index (χ3v) is 2.65. The Morgan fingerprint density at radius 3 is 2.59 bits per heavy atom. The lowest BCUT2D eigenvalue weighted by Crippen LogP contribution is -2.12. The summed E-state index contributed by atoms with van der Waals surface area (Å²) in [6, 6.07) is 3.81. The second-order valence-electron chi connectivity index (χ2n) is 3.59. The molecule has 1 aromatic carbocycles. The van der Waals surface area contributed by atoms with Crippen LogP contribution in [0.2, 0.25) is 5.02 Å². The highest BCUT2D eigenvalue weighted by Crippen LogP contribution is 2.37. The van der Waals surface area contributed by atoms with Gasteiger partial charge in [-0.1, -0.05) is 23.7 Å². The van der Waals surface area contributed by atoms with E-state index in [9.17, 15) is 13.2 Å². The Labute approximate surface area is 102 Å². The van der Waals surface area contributed by atoms with Crippen LogP contribution in [0.15, 0.2) is 36.6 Å². The van der Waals surface area contributed by atoms with Crippen LogP contribution in [0.25, 0.3) is 5.57 Å². The van der Waals surface area contributed by atoms with Crippen LogP contribution in [0.3, 0.4) is 0 Å². The van der Waals surface area contributed by atoms with E-state index in [1.54, 1.807) is 18.4 Å². The first-order valence-electron chi connectivity index (χ1n) is 4.96. The number of nitrogens with one attached hydrogen (secondary N) is 1. The predicted molar refractivity (Wildman–Crippen MR) is 61.6 cm³/mol. The summed E-state index contributed by atoms with van der Waals surface area (Å²) in [5, 5.41) is 2.97. The summed E-state index contributed by atoms with van der Waals surface area (Å²) in [6.45, 7) is 0.520. The fourth-order valence-corrected chi connectivity index (χ4v) is 1.83. The van der Waals surface area contributed by atoms with Crippen molar-refractivity contribution in [2.45, 2.75) is 6.18 Å². The Kier molecular flexibility index (Phi) is 3.15. The van der Waals surface area contributed by atoms with Gasteiger partial charge in [-0.15, -0.1) is 0 Å². The summed E-state index contributed by atoms with van der Waals surface area (Å²) in [4.78, 5) is 0. The zero-order valence-electron chi connectivity index (χ0n) is 8.68. The second kappa shape index (κ2) is 4.45. The number of halogens is 4. The van der Waals surface area contributed by atoms with E-state index in [1.165, 1.54) is 12.1 Å². The Balaban J connectivity index is 2.54. The number of dihydropyridines is 1. The smallest absolute Gasteiger partial charge is 0.387 e. The van der Waals surface area contributed by atoms with Crippen LogP contribution in [0.1, 0.15) is 11.1 Å². The van der Waals surface area contributed by atoms with E-state index < -0.39 is 11.7 Å². The molecule has 0 aromatic heterocycles. The number of benzene rings is 1. The molecular weight excluding hydrogens is 251 g/mol. The van der Waals surface area contributed by atoms with Gasteiger partial charge in [-0.3, -0.25) is 0 Å².